The molecule has 2 aromatic rings. The molecule has 22 heavy (non-hydrogen) atoms. The van der Waals surface area contributed by atoms with Crippen LogP contribution in [0.4, 0.5) is 0 Å². The van der Waals surface area contributed by atoms with Crippen LogP contribution in [0.3, 0.4) is 0 Å². The van der Waals surface area contributed by atoms with E-state index in [2.05, 4.69) is 31.7 Å². The molecule has 0 aromatic carbocycles. The number of thiophene rings is 1. The highest BCUT2D eigenvalue weighted by atomic mass is 32.1. The van der Waals surface area contributed by atoms with Gasteiger partial charge in [0.05, 0.1) is 17.8 Å². The topological polar surface area (TPSA) is 56.1 Å². The number of ether oxygens (including phenoxy) is 1. The number of methoxy groups -OCH3 is 1. The van der Waals surface area contributed by atoms with E-state index in [-0.39, 0.29) is 11.8 Å². The molecule has 0 saturated carbocycles. The Balaban J connectivity index is 1.65. The van der Waals surface area contributed by atoms with Gasteiger partial charge in [0.2, 0.25) is 5.91 Å². The third kappa shape index (κ3) is 3.23. The average Bonchev–Trinajstić information content (AvgIpc) is 3.19. The molecule has 0 fully saturated rings. The van der Waals surface area contributed by atoms with E-state index < -0.39 is 0 Å². The third-order valence-electron chi connectivity index (χ3n) is 4.07. The first-order chi connectivity index (χ1) is 10.8. The molecule has 1 aliphatic rings. The summed E-state index contributed by atoms with van der Waals surface area (Å²) in [4.78, 5) is 16.8. The van der Waals surface area contributed by atoms with Crippen LogP contribution in [-0.4, -0.2) is 35.7 Å². The number of carbonyl (C=O) groups is 1. The van der Waals surface area contributed by atoms with Crippen molar-refractivity contribution < 1.29 is 9.53 Å². The Labute approximate surface area is 134 Å². The van der Waals surface area contributed by atoms with Crippen LogP contribution >= 0.6 is 11.3 Å². The molecule has 0 aliphatic carbocycles. The summed E-state index contributed by atoms with van der Waals surface area (Å²) in [6.45, 7) is 2.08. The van der Waals surface area contributed by atoms with Gasteiger partial charge in [0, 0.05) is 44.2 Å². The van der Waals surface area contributed by atoms with Crippen LogP contribution in [0, 0.1) is 5.92 Å². The molecular formula is C16H21N3O2S. The van der Waals surface area contributed by atoms with E-state index in [0.717, 1.165) is 37.3 Å². The Morgan fingerprint density at radius 1 is 1.59 bits per heavy atom. The summed E-state index contributed by atoms with van der Waals surface area (Å²) in [6, 6.07) is 2.10. The summed E-state index contributed by atoms with van der Waals surface area (Å²) in [6.07, 6.45) is 4.51. The van der Waals surface area contributed by atoms with Gasteiger partial charge >= 0.3 is 0 Å². The number of imidazole rings is 1. The molecule has 1 N–H and O–H groups in total. The molecule has 1 aliphatic heterocycles. The van der Waals surface area contributed by atoms with Gasteiger partial charge in [0.25, 0.3) is 0 Å². The highest BCUT2D eigenvalue weighted by Gasteiger charge is 2.27. The maximum Gasteiger partial charge on any atom is 0.224 e. The number of fused-ring (bicyclic) bond motifs is 1. The molecule has 1 amide bonds. The van der Waals surface area contributed by atoms with Crippen molar-refractivity contribution >= 4 is 17.2 Å². The first-order valence-corrected chi connectivity index (χ1v) is 8.57. The zero-order valence-corrected chi connectivity index (χ0v) is 13.6. The smallest absolute Gasteiger partial charge is 0.224 e. The predicted molar refractivity (Wildman–Crippen MR) is 86.9 cm³/mol. The normalized spacial score (nSPS) is 17.2. The van der Waals surface area contributed by atoms with Crippen LogP contribution < -0.4 is 5.32 Å². The second-order valence-corrected chi connectivity index (χ2v) is 6.34. The van der Waals surface area contributed by atoms with Crippen LogP contribution in [0.2, 0.25) is 0 Å². The van der Waals surface area contributed by atoms with Crippen LogP contribution in [0.5, 0.6) is 0 Å². The number of hydrogen-bond donors (Lipinski definition) is 1. The zero-order chi connectivity index (χ0) is 15.4. The summed E-state index contributed by atoms with van der Waals surface area (Å²) < 4.78 is 7.20. The van der Waals surface area contributed by atoms with Crippen molar-refractivity contribution in [1.82, 2.24) is 14.9 Å². The minimum Gasteiger partial charge on any atom is -0.385 e. The predicted octanol–water partition coefficient (Wildman–Crippen LogP) is 2.33. The number of nitrogens with zero attached hydrogens (tertiary/aromatic N) is 2. The van der Waals surface area contributed by atoms with E-state index >= 15 is 0 Å². The number of aryl methyl sites for hydroxylation is 1. The first-order valence-electron chi connectivity index (χ1n) is 7.63. The Hall–Kier alpha value is -1.66. The molecule has 0 bridgehead atoms. The van der Waals surface area contributed by atoms with Gasteiger partial charge in [-0.25, -0.2) is 4.98 Å². The fraction of sp³-hybridized carbons (Fsp3) is 0.500. The molecule has 0 radical (unpaired) electrons. The fourth-order valence-electron chi connectivity index (χ4n) is 2.86. The van der Waals surface area contributed by atoms with Gasteiger partial charge in [-0.1, -0.05) is 0 Å². The number of amides is 1. The van der Waals surface area contributed by atoms with Crippen molar-refractivity contribution in [1.29, 1.82) is 0 Å². The maximum absolute atomic E-state index is 12.3. The summed E-state index contributed by atoms with van der Waals surface area (Å²) in [7, 11) is 1.68. The third-order valence-corrected chi connectivity index (χ3v) is 4.75. The second-order valence-electron chi connectivity index (χ2n) is 5.56. The first kappa shape index (κ1) is 15.2. The largest absolute Gasteiger partial charge is 0.385 e. The summed E-state index contributed by atoms with van der Waals surface area (Å²) in [5.74, 6) is 1.26. The van der Waals surface area contributed by atoms with Crippen molar-refractivity contribution in [2.45, 2.75) is 25.8 Å². The van der Waals surface area contributed by atoms with Gasteiger partial charge in [0.15, 0.2) is 0 Å². The lowest BCUT2D eigenvalue weighted by atomic mass is 9.98. The van der Waals surface area contributed by atoms with Crippen LogP contribution in [-0.2, 0) is 22.5 Å². The molecule has 1 atom stereocenters. The lowest BCUT2D eigenvalue weighted by Gasteiger charge is -2.24. The number of aromatic nitrogens is 2. The molecule has 0 saturated heterocycles. The summed E-state index contributed by atoms with van der Waals surface area (Å²) in [5, 5.41) is 7.21. The molecule has 5 nitrogen and oxygen atoms in total. The summed E-state index contributed by atoms with van der Waals surface area (Å²) >= 11 is 1.68. The lowest BCUT2D eigenvalue weighted by molar-refractivity contribution is -0.125. The van der Waals surface area contributed by atoms with Crippen molar-refractivity contribution in [2.24, 2.45) is 5.92 Å². The maximum atomic E-state index is 12.3. The highest BCUT2D eigenvalue weighted by Crippen LogP contribution is 2.28. The van der Waals surface area contributed by atoms with E-state index in [9.17, 15) is 4.79 Å². The van der Waals surface area contributed by atoms with Crippen molar-refractivity contribution in [3.8, 4) is 11.3 Å². The van der Waals surface area contributed by atoms with E-state index in [1.54, 1.807) is 18.4 Å². The zero-order valence-electron chi connectivity index (χ0n) is 12.7. The standard InChI is InChI=1S/C16H21N3O2S/c1-21-7-2-6-17-16(20)12-3-4-15-18-9-14(19(15)10-12)13-5-8-22-11-13/h5,8-9,11-12H,2-4,6-7,10H2,1H3,(H,17,20). The molecular weight excluding hydrogens is 298 g/mol. The van der Waals surface area contributed by atoms with Crippen molar-refractivity contribution in [3.05, 3.63) is 28.8 Å². The van der Waals surface area contributed by atoms with Crippen LogP contribution in [0.1, 0.15) is 18.7 Å². The fourth-order valence-corrected chi connectivity index (χ4v) is 3.51. The molecule has 0 spiro atoms. The second kappa shape index (κ2) is 7.07. The van der Waals surface area contributed by atoms with Crippen LogP contribution in [0.15, 0.2) is 23.0 Å². The Kier molecular flexibility index (Phi) is 4.90. The minimum atomic E-state index is 0.0293. The van der Waals surface area contributed by atoms with Gasteiger partial charge in [-0.05, 0) is 24.3 Å². The van der Waals surface area contributed by atoms with Gasteiger partial charge in [-0.3, -0.25) is 4.79 Å². The molecule has 3 rings (SSSR count). The molecule has 6 heteroatoms. The number of rotatable bonds is 6. The van der Waals surface area contributed by atoms with Gasteiger partial charge < -0.3 is 14.6 Å². The Bertz CT molecular complexity index is 621. The average molecular weight is 319 g/mol. The molecule has 1 unspecified atom stereocenters. The Morgan fingerprint density at radius 2 is 2.50 bits per heavy atom. The summed E-state index contributed by atoms with van der Waals surface area (Å²) in [5.41, 5.74) is 2.30. The molecule has 3 heterocycles. The number of hydrogen-bond acceptors (Lipinski definition) is 4. The van der Waals surface area contributed by atoms with Gasteiger partial charge in [-0.15, -0.1) is 0 Å². The Morgan fingerprint density at radius 3 is 3.27 bits per heavy atom. The molecule has 2 aromatic heterocycles. The van der Waals surface area contributed by atoms with Gasteiger partial charge in [0.1, 0.15) is 5.82 Å². The lowest BCUT2D eigenvalue weighted by Crippen LogP contribution is -2.36. The van der Waals surface area contributed by atoms with Crippen LogP contribution in [0.25, 0.3) is 11.3 Å². The van der Waals surface area contributed by atoms with E-state index in [4.69, 9.17) is 4.74 Å². The minimum absolute atomic E-state index is 0.0293. The van der Waals surface area contributed by atoms with Crippen molar-refractivity contribution in [2.75, 3.05) is 20.3 Å². The number of nitrogens with one attached hydrogen (secondary N) is 1. The van der Waals surface area contributed by atoms with E-state index in [0.29, 0.717) is 13.2 Å². The number of carbonyl (C=O) groups excluding carboxylic acids is 1. The molecule has 118 valence electrons. The highest BCUT2D eigenvalue weighted by molar-refractivity contribution is 7.08. The monoisotopic (exact) mass is 319 g/mol. The van der Waals surface area contributed by atoms with E-state index in [1.807, 2.05) is 6.20 Å². The van der Waals surface area contributed by atoms with Gasteiger partial charge in [-0.2, -0.15) is 11.3 Å². The van der Waals surface area contributed by atoms with E-state index in [1.165, 1.54) is 5.56 Å². The quantitative estimate of drug-likeness (QED) is 0.832. The SMILES string of the molecule is COCCCNC(=O)C1CCc2ncc(-c3ccsc3)n2C1. The van der Waals surface area contributed by atoms with Crippen molar-refractivity contribution in [3.63, 3.8) is 0 Å².